The molecule has 0 aliphatic heterocycles. The normalized spacial score (nSPS) is 10.8. The Morgan fingerprint density at radius 3 is 2.47 bits per heavy atom. The second-order valence-electron chi connectivity index (χ2n) is 7.80. The summed E-state index contributed by atoms with van der Waals surface area (Å²) in [4.78, 5) is 21.7. The Bertz CT molecular complexity index is 1340. The number of methoxy groups -OCH3 is 1. The zero-order valence-corrected chi connectivity index (χ0v) is 18.8. The van der Waals surface area contributed by atoms with Gasteiger partial charge in [-0.2, -0.15) is 5.10 Å². The van der Waals surface area contributed by atoms with Crippen LogP contribution in [0.1, 0.15) is 20.8 Å². The number of allylic oxidation sites excluding steroid dienone is 1. The predicted molar refractivity (Wildman–Crippen MR) is 126 cm³/mol. The number of amides is 1. The van der Waals surface area contributed by atoms with E-state index in [9.17, 15) is 4.79 Å². The highest BCUT2D eigenvalue weighted by Crippen LogP contribution is 2.37. The first kappa shape index (κ1) is 21.2. The number of nitrogens with zero attached hydrogens (tertiary/aromatic N) is 4. The summed E-state index contributed by atoms with van der Waals surface area (Å²) in [7, 11) is 3.46. The maximum atomic E-state index is 12.7. The Morgan fingerprint density at radius 1 is 1.03 bits per heavy atom. The Labute approximate surface area is 186 Å². The van der Waals surface area contributed by atoms with Gasteiger partial charge in [-0.15, -0.1) is 0 Å². The van der Waals surface area contributed by atoms with Gasteiger partial charge in [0.1, 0.15) is 17.8 Å². The molecule has 0 aliphatic carbocycles. The van der Waals surface area contributed by atoms with E-state index >= 15 is 0 Å². The van der Waals surface area contributed by atoms with Crippen LogP contribution < -0.4 is 10.1 Å². The molecule has 0 aliphatic rings. The molecule has 0 saturated heterocycles. The molecule has 0 bridgehead atoms. The number of anilines is 1. The van der Waals surface area contributed by atoms with Crippen LogP contribution in [-0.4, -0.2) is 32.8 Å². The fraction of sp³-hybridized carbons (Fsp3) is 0.200. The highest BCUT2D eigenvalue weighted by atomic mass is 16.5. The van der Waals surface area contributed by atoms with E-state index in [1.54, 1.807) is 18.7 Å². The fourth-order valence-corrected chi connectivity index (χ4v) is 3.48. The molecule has 2 heterocycles. The minimum Gasteiger partial charge on any atom is -0.494 e. The third kappa shape index (κ3) is 3.97. The second-order valence-corrected chi connectivity index (χ2v) is 7.80. The second kappa shape index (κ2) is 8.63. The van der Waals surface area contributed by atoms with Crippen LogP contribution in [-0.2, 0) is 11.8 Å². The van der Waals surface area contributed by atoms with Crippen molar-refractivity contribution < 1.29 is 9.53 Å². The summed E-state index contributed by atoms with van der Waals surface area (Å²) in [6.45, 7) is 5.62. The van der Waals surface area contributed by atoms with Gasteiger partial charge >= 0.3 is 0 Å². The SMILES string of the molecule is COc1cc2ncnc(-c3cn(C)nc3-c3ccccc3)c2cc1NC(=O)C(C)=C(C)C. The molecule has 1 amide bonds. The molecule has 0 atom stereocenters. The molecular weight excluding hydrogens is 402 g/mol. The Balaban J connectivity index is 1.90. The van der Waals surface area contributed by atoms with Gasteiger partial charge < -0.3 is 10.1 Å². The monoisotopic (exact) mass is 427 g/mol. The van der Waals surface area contributed by atoms with Gasteiger partial charge in [0.05, 0.1) is 24.0 Å². The standard InChI is InChI=1S/C25H25N5O2/c1-15(2)16(3)25(31)28-21-11-18-20(12-22(21)32-5)26-14-27-24(18)19-13-30(4)29-23(19)17-9-7-6-8-10-17/h6-14H,1-5H3,(H,28,31). The summed E-state index contributed by atoms with van der Waals surface area (Å²) in [6.07, 6.45) is 3.48. The summed E-state index contributed by atoms with van der Waals surface area (Å²) in [5.41, 5.74) is 6.34. The zero-order valence-electron chi connectivity index (χ0n) is 18.8. The third-order valence-corrected chi connectivity index (χ3v) is 5.43. The smallest absolute Gasteiger partial charge is 0.251 e. The average Bonchev–Trinajstić information content (AvgIpc) is 3.19. The van der Waals surface area contributed by atoms with Crippen molar-refractivity contribution in [1.29, 1.82) is 0 Å². The first-order chi connectivity index (χ1) is 15.4. The molecule has 162 valence electrons. The number of hydrogen-bond acceptors (Lipinski definition) is 5. The topological polar surface area (TPSA) is 81.9 Å². The average molecular weight is 428 g/mol. The van der Waals surface area contributed by atoms with Gasteiger partial charge in [0.15, 0.2) is 0 Å². The van der Waals surface area contributed by atoms with E-state index in [-0.39, 0.29) is 5.91 Å². The summed E-state index contributed by atoms with van der Waals surface area (Å²) >= 11 is 0. The number of fused-ring (bicyclic) bond motifs is 1. The predicted octanol–water partition coefficient (Wildman–Crippen LogP) is 5.00. The van der Waals surface area contributed by atoms with Crippen LogP contribution in [0.25, 0.3) is 33.4 Å². The molecule has 0 unspecified atom stereocenters. The van der Waals surface area contributed by atoms with Gasteiger partial charge in [0, 0.05) is 41.4 Å². The number of carbonyl (C=O) groups is 1. The molecule has 0 spiro atoms. The zero-order chi connectivity index (χ0) is 22.8. The number of benzene rings is 2. The number of carbonyl (C=O) groups excluding carboxylic acids is 1. The molecular formula is C25H25N5O2. The van der Waals surface area contributed by atoms with Crippen molar-refractivity contribution in [2.45, 2.75) is 20.8 Å². The van der Waals surface area contributed by atoms with E-state index in [0.29, 0.717) is 22.5 Å². The number of nitrogens with one attached hydrogen (secondary N) is 1. The summed E-state index contributed by atoms with van der Waals surface area (Å²) in [5, 5.41) is 8.43. The summed E-state index contributed by atoms with van der Waals surface area (Å²) < 4.78 is 7.30. The lowest BCUT2D eigenvalue weighted by atomic mass is 10.0. The van der Waals surface area contributed by atoms with Crippen molar-refractivity contribution in [3.05, 3.63) is 66.1 Å². The van der Waals surface area contributed by atoms with Gasteiger partial charge in [-0.05, 0) is 26.8 Å². The first-order valence-electron chi connectivity index (χ1n) is 10.3. The molecule has 2 aromatic carbocycles. The van der Waals surface area contributed by atoms with Crippen LogP contribution in [0.15, 0.2) is 66.1 Å². The summed E-state index contributed by atoms with van der Waals surface area (Å²) in [5.74, 6) is 0.360. The van der Waals surface area contributed by atoms with Crippen molar-refractivity contribution in [1.82, 2.24) is 19.7 Å². The number of ether oxygens (including phenoxy) is 1. The van der Waals surface area contributed by atoms with E-state index in [4.69, 9.17) is 4.74 Å². The molecule has 32 heavy (non-hydrogen) atoms. The Morgan fingerprint density at radius 2 is 1.78 bits per heavy atom. The van der Waals surface area contributed by atoms with Crippen molar-refractivity contribution in [3.8, 4) is 28.3 Å². The van der Waals surface area contributed by atoms with E-state index in [1.165, 1.54) is 6.33 Å². The van der Waals surface area contributed by atoms with Gasteiger partial charge in [0.25, 0.3) is 5.91 Å². The highest BCUT2D eigenvalue weighted by Gasteiger charge is 2.19. The van der Waals surface area contributed by atoms with Gasteiger partial charge in [0.2, 0.25) is 0 Å². The lowest BCUT2D eigenvalue weighted by Crippen LogP contribution is -2.14. The molecule has 1 N–H and O–H groups in total. The largest absolute Gasteiger partial charge is 0.494 e. The lowest BCUT2D eigenvalue weighted by molar-refractivity contribution is -0.112. The van der Waals surface area contributed by atoms with Gasteiger partial charge in [-0.3, -0.25) is 9.48 Å². The Kier molecular flexibility index (Phi) is 5.73. The van der Waals surface area contributed by atoms with Crippen molar-refractivity contribution in [2.75, 3.05) is 12.4 Å². The molecule has 7 heteroatoms. The Hall–Kier alpha value is -4.00. The van der Waals surface area contributed by atoms with Crippen LogP contribution in [0.2, 0.25) is 0 Å². The molecule has 2 aromatic heterocycles. The lowest BCUT2D eigenvalue weighted by Gasteiger charge is -2.14. The maximum absolute atomic E-state index is 12.7. The van der Waals surface area contributed by atoms with Gasteiger partial charge in [-0.25, -0.2) is 9.97 Å². The van der Waals surface area contributed by atoms with Crippen LogP contribution >= 0.6 is 0 Å². The van der Waals surface area contributed by atoms with Crippen LogP contribution in [0.3, 0.4) is 0 Å². The molecule has 7 nitrogen and oxygen atoms in total. The minimum absolute atomic E-state index is 0.174. The van der Waals surface area contributed by atoms with Crippen LogP contribution in [0.5, 0.6) is 5.75 Å². The van der Waals surface area contributed by atoms with Crippen molar-refractivity contribution in [3.63, 3.8) is 0 Å². The number of aromatic nitrogens is 4. The maximum Gasteiger partial charge on any atom is 0.251 e. The molecule has 0 saturated carbocycles. The minimum atomic E-state index is -0.174. The third-order valence-electron chi connectivity index (χ3n) is 5.43. The number of aryl methyl sites for hydroxylation is 1. The number of rotatable bonds is 5. The molecule has 4 aromatic rings. The highest BCUT2D eigenvalue weighted by molar-refractivity contribution is 6.07. The van der Waals surface area contributed by atoms with Crippen molar-refractivity contribution in [2.24, 2.45) is 7.05 Å². The van der Waals surface area contributed by atoms with Gasteiger partial charge in [-0.1, -0.05) is 35.9 Å². The van der Waals surface area contributed by atoms with E-state index < -0.39 is 0 Å². The van der Waals surface area contributed by atoms with Crippen molar-refractivity contribution >= 4 is 22.5 Å². The van der Waals surface area contributed by atoms with E-state index in [0.717, 1.165) is 33.5 Å². The fourth-order valence-electron chi connectivity index (χ4n) is 3.48. The molecule has 4 rings (SSSR count). The van der Waals surface area contributed by atoms with E-state index in [2.05, 4.69) is 20.4 Å². The molecule has 0 fully saturated rings. The first-order valence-corrected chi connectivity index (χ1v) is 10.3. The van der Waals surface area contributed by atoms with Crippen LogP contribution in [0, 0.1) is 0 Å². The number of hydrogen-bond donors (Lipinski definition) is 1. The van der Waals surface area contributed by atoms with E-state index in [1.807, 2.05) is 69.6 Å². The summed E-state index contributed by atoms with van der Waals surface area (Å²) in [6, 6.07) is 13.7. The van der Waals surface area contributed by atoms with Crippen LogP contribution in [0.4, 0.5) is 5.69 Å². The molecule has 0 radical (unpaired) electrons. The quantitative estimate of drug-likeness (QED) is 0.453.